The number of benzene rings is 3. The summed E-state index contributed by atoms with van der Waals surface area (Å²) in [7, 11) is -4.48. The highest BCUT2D eigenvalue weighted by Crippen LogP contribution is 2.35. The Balaban J connectivity index is 1.90. The molecule has 2 amide bonds. The second-order valence-corrected chi connectivity index (χ2v) is 7.94. The zero-order chi connectivity index (χ0) is 21.0. The third-order valence-corrected chi connectivity index (χ3v) is 5.02. The lowest BCUT2D eigenvalue weighted by molar-refractivity contribution is 0.262. The van der Waals surface area contributed by atoms with E-state index in [1.54, 1.807) is 36.4 Å². The van der Waals surface area contributed by atoms with E-state index in [1.165, 1.54) is 6.07 Å². The Morgan fingerprint density at radius 3 is 2.31 bits per heavy atom. The number of nitrogens with one attached hydrogen (secondary N) is 2. The summed E-state index contributed by atoms with van der Waals surface area (Å²) in [4.78, 5) is 12.0. The molecule has 0 aromatic heterocycles. The van der Waals surface area contributed by atoms with Gasteiger partial charge < -0.3 is 15.4 Å². The zero-order valence-corrected chi connectivity index (χ0v) is 16.8. The summed E-state index contributed by atoms with van der Waals surface area (Å²) in [6.45, 7) is 1.92. The molecular weight excluding hydrogens is 416 g/mol. The Morgan fingerprint density at radius 2 is 1.66 bits per heavy atom. The summed E-state index contributed by atoms with van der Waals surface area (Å²) in [5, 5.41) is 5.50. The van der Waals surface area contributed by atoms with Gasteiger partial charge in [0.25, 0.3) is 10.1 Å². The quantitative estimate of drug-likeness (QED) is 0.472. The summed E-state index contributed by atoms with van der Waals surface area (Å²) < 4.78 is 38.0. The lowest BCUT2D eigenvalue weighted by Crippen LogP contribution is -2.20. The SMILES string of the molecule is Cc1ccc(NC(=O)Nc2cc(S(=O)(=O)O)ccc2Oc2ccccc2Cl)cc1. The number of para-hydroxylation sites is 1. The van der Waals surface area contributed by atoms with Crippen molar-refractivity contribution in [2.24, 2.45) is 0 Å². The molecule has 0 atom stereocenters. The van der Waals surface area contributed by atoms with Crippen molar-refractivity contribution in [3.8, 4) is 11.5 Å². The van der Waals surface area contributed by atoms with Crippen molar-refractivity contribution in [1.29, 1.82) is 0 Å². The van der Waals surface area contributed by atoms with Crippen LogP contribution in [0.15, 0.2) is 71.6 Å². The molecule has 7 nitrogen and oxygen atoms in total. The van der Waals surface area contributed by atoms with Crippen molar-refractivity contribution in [3.63, 3.8) is 0 Å². The van der Waals surface area contributed by atoms with Gasteiger partial charge in [-0.3, -0.25) is 4.55 Å². The minimum Gasteiger partial charge on any atom is -0.454 e. The van der Waals surface area contributed by atoms with E-state index in [9.17, 15) is 17.8 Å². The van der Waals surface area contributed by atoms with Crippen LogP contribution in [0.2, 0.25) is 5.02 Å². The Kier molecular flexibility index (Phi) is 6.07. The van der Waals surface area contributed by atoms with Crippen LogP contribution in [0, 0.1) is 6.92 Å². The molecule has 0 bridgehead atoms. The van der Waals surface area contributed by atoms with Gasteiger partial charge in [-0.25, -0.2) is 4.79 Å². The maximum atomic E-state index is 12.4. The fraction of sp³-hybridized carbons (Fsp3) is 0.0500. The third-order valence-electron chi connectivity index (χ3n) is 3.86. The maximum absolute atomic E-state index is 12.4. The highest BCUT2D eigenvalue weighted by atomic mass is 35.5. The summed E-state index contributed by atoms with van der Waals surface area (Å²) >= 11 is 6.10. The van der Waals surface area contributed by atoms with Crippen molar-refractivity contribution in [2.45, 2.75) is 11.8 Å². The van der Waals surface area contributed by atoms with E-state index in [-0.39, 0.29) is 11.4 Å². The number of hydrogen-bond acceptors (Lipinski definition) is 4. The van der Waals surface area contributed by atoms with Gasteiger partial charge in [-0.2, -0.15) is 8.42 Å². The molecule has 3 rings (SSSR count). The predicted molar refractivity (Wildman–Crippen MR) is 112 cm³/mol. The topological polar surface area (TPSA) is 105 Å². The molecule has 150 valence electrons. The highest BCUT2D eigenvalue weighted by Gasteiger charge is 2.16. The lowest BCUT2D eigenvalue weighted by atomic mass is 10.2. The molecule has 0 fully saturated rings. The molecule has 0 radical (unpaired) electrons. The van der Waals surface area contributed by atoms with Crippen molar-refractivity contribution >= 4 is 39.1 Å². The number of carbonyl (C=O) groups excluding carboxylic acids is 1. The van der Waals surface area contributed by atoms with Crippen LogP contribution < -0.4 is 15.4 Å². The lowest BCUT2D eigenvalue weighted by Gasteiger charge is -2.14. The first kappa shape index (κ1) is 20.7. The standard InChI is InChI=1S/C20H17ClN2O5S/c1-13-6-8-14(9-7-13)22-20(24)23-17-12-15(29(25,26)27)10-11-19(17)28-18-5-3-2-4-16(18)21/h2-12H,1H3,(H2,22,23,24)(H,25,26,27). The number of aryl methyl sites for hydroxylation is 1. The summed E-state index contributed by atoms with van der Waals surface area (Å²) in [5.74, 6) is 0.459. The first-order valence-electron chi connectivity index (χ1n) is 8.41. The maximum Gasteiger partial charge on any atom is 0.323 e. The molecule has 0 unspecified atom stereocenters. The molecule has 0 saturated heterocycles. The minimum atomic E-state index is -4.48. The van der Waals surface area contributed by atoms with Gasteiger partial charge in [0.2, 0.25) is 0 Å². The molecule has 3 aromatic carbocycles. The van der Waals surface area contributed by atoms with Crippen LogP contribution in [-0.2, 0) is 10.1 Å². The van der Waals surface area contributed by atoms with Gasteiger partial charge in [0.05, 0.1) is 15.6 Å². The Labute approximate surface area is 173 Å². The molecule has 29 heavy (non-hydrogen) atoms. The van der Waals surface area contributed by atoms with E-state index < -0.39 is 21.0 Å². The number of hydrogen-bond donors (Lipinski definition) is 3. The average molecular weight is 433 g/mol. The van der Waals surface area contributed by atoms with Gasteiger partial charge in [-0.05, 0) is 49.4 Å². The summed E-state index contributed by atoms with van der Waals surface area (Å²) in [6, 6.07) is 16.8. The molecule has 0 aliphatic carbocycles. The van der Waals surface area contributed by atoms with E-state index >= 15 is 0 Å². The van der Waals surface area contributed by atoms with E-state index in [4.69, 9.17) is 16.3 Å². The molecular formula is C20H17ClN2O5S. The first-order chi connectivity index (χ1) is 13.7. The van der Waals surface area contributed by atoms with Gasteiger partial charge in [0, 0.05) is 5.69 Å². The first-order valence-corrected chi connectivity index (χ1v) is 10.2. The molecule has 0 aliphatic heterocycles. The number of urea groups is 1. The average Bonchev–Trinajstić information content (AvgIpc) is 2.66. The number of ether oxygens (including phenoxy) is 1. The van der Waals surface area contributed by atoms with E-state index in [1.807, 2.05) is 19.1 Å². The predicted octanol–water partition coefficient (Wildman–Crippen LogP) is 5.33. The Bertz CT molecular complexity index is 1150. The van der Waals surface area contributed by atoms with E-state index in [0.717, 1.165) is 17.7 Å². The molecule has 0 aliphatic rings. The van der Waals surface area contributed by atoms with Crippen LogP contribution in [0.3, 0.4) is 0 Å². The molecule has 0 heterocycles. The van der Waals surface area contributed by atoms with E-state index in [0.29, 0.717) is 16.5 Å². The van der Waals surface area contributed by atoms with Crippen molar-refractivity contribution in [3.05, 3.63) is 77.3 Å². The summed E-state index contributed by atoms with van der Waals surface area (Å²) in [5.41, 5.74) is 1.62. The fourth-order valence-corrected chi connectivity index (χ4v) is 3.10. The Morgan fingerprint density at radius 1 is 0.966 bits per heavy atom. The van der Waals surface area contributed by atoms with Crippen LogP contribution in [0.5, 0.6) is 11.5 Å². The molecule has 3 N–H and O–H groups in total. The fourth-order valence-electron chi connectivity index (χ4n) is 2.42. The molecule has 0 saturated carbocycles. The van der Waals surface area contributed by atoms with Crippen molar-refractivity contribution in [1.82, 2.24) is 0 Å². The summed E-state index contributed by atoms with van der Waals surface area (Å²) in [6.07, 6.45) is 0. The number of anilines is 2. The molecule has 3 aromatic rings. The van der Waals surface area contributed by atoms with Crippen LogP contribution in [0.1, 0.15) is 5.56 Å². The normalized spacial score (nSPS) is 11.0. The number of rotatable bonds is 5. The van der Waals surface area contributed by atoms with Gasteiger partial charge in [-0.15, -0.1) is 0 Å². The molecule has 0 spiro atoms. The second-order valence-electron chi connectivity index (χ2n) is 6.11. The zero-order valence-electron chi connectivity index (χ0n) is 15.2. The number of halogens is 1. The van der Waals surface area contributed by atoms with Crippen LogP contribution >= 0.6 is 11.6 Å². The molecule has 9 heteroatoms. The smallest absolute Gasteiger partial charge is 0.323 e. The van der Waals surface area contributed by atoms with Crippen molar-refractivity contribution in [2.75, 3.05) is 10.6 Å². The minimum absolute atomic E-state index is 0.0321. The van der Waals surface area contributed by atoms with Crippen LogP contribution in [0.4, 0.5) is 16.2 Å². The van der Waals surface area contributed by atoms with Gasteiger partial charge in [0.1, 0.15) is 5.75 Å². The highest BCUT2D eigenvalue weighted by molar-refractivity contribution is 7.85. The largest absolute Gasteiger partial charge is 0.454 e. The van der Waals surface area contributed by atoms with Gasteiger partial charge in [0.15, 0.2) is 5.75 Å². The second kappa shape index (κ2) is 8.52. The van der Waals surface area contributed by atoms with Crippen LogP contribution in [-0.4, -0.2) is 19.0 Å². The monoisotopic (exact) mass is 432 g/mol. The van der Waals surface area contributed by atoms with Crippen molar-refractivity contribution < 1.29 is 22.5 Å². The Hall–Kier alpha value is -3.07. The van der Waals surface area contributed by atoms with Gasteiger partial charge >= 0.3 is 6.03 Å². The van der Waals surface area contributed by atoms with Crippen LogP contribution in [0.25, 0.3) is 0 Å². The van der Waals surface area contributed by atoms with E-state index in [2.05, 4.69) is 10.6 Å². The number of carbonyl (C=O) groups is 1. The third kappa shape index (κ3) is 5.47. The van der Waals surface area contributed by atoms with Gasteiger partial charge in [-0.1, -0.05) is 41.4 Å². The number of amides is 2.